The fraction of sp³-hybridized carbons (Fsp3) is 0.143. The maximum absolute atomic E-state index is 13.9. The minimum atomic E-state index is -4.83. The number of benzene rings is 2. The van der Waals surface area contributed by atoms with E-state index >= 15 is 0 Å². The van der Waals surface area contributed by atoms with Crippen LogP contribution in [0.3, 0.4) is 0 Å². The number of para-hydroxylation sites is 1. The van der Waals surface area contributed by atoms with Crippen molar-refractivity contribution in [2.45, 2.75) is 12.9 Å². The van der Waals surface area contributed by atoms with Gasteiger partial charge in [0.05, 0.1) is 0 Å². The molecule has 0 unspecified atom stereocenters. The van der Waals surface area contributed by atoms with Crippen LogP contribution in [0.15, 0.2) is 42.5 Å². The predicted molar refractivity (Wildman–Crippen MR) is 66.4 cm³/mol. The van der Waals surface area contributed by atoms with Crippen LogP contribution in [0.4, 0.5) is 17.6 Å². The number of halogens is 4. The standard InChI is InChI=1S/C14H11F4NO/c15-12-7-9(8-19)5-6-10(12)11-3-1-2-4-13(11)20-14(16,17)18/h1-7H,8,19H2. The van der Waals surface area contributed by atoms with Crippen LogP contribution in [0, 0.1) is 5.82 Å². The highest BCUT2D eigenvalue weighted by Gasteiger charge is 2.32. The summed E-state index contributed by atoms with van der Waals surface area (Å²) in [6, 6.07) is 9.53. The van der Waals surface area contributed by atoms with Gasteiger partial charge in [-0.3, -0.25) is 0 Å². The van der Waals surface area contributed by atoms with Gasteiger partial charge in [-0.2, -0.15) is 0 Å². The third-order valence-electron chi connectivity index (χ3n) is 2.67. The van der Waals surface area contributed by atoms with Crippen LogP contribution in [0.5, 0.6) is 5.75 Å². The zero-order valence-electron chi connectivity index (χ0n) is 10.2. The Hall–Kier alpha value is -2.08. The summed E-state index contributed by atoms with van der Waals surface area (Å²) in [7, 11) is 0. The van der Waals surface area contributed by atoms with Gasteiger partial charge < -0.3 is 10.5 Å². The maximum Gasteiger partial charge on any atom is 0.573 e. The number of hydrogen-bond donors (Lipinski definition) is 1. The molecule has 0 heterocycles. The summed E-state index contributed by atoms with van der Waals surface area (Å²) >= 11 is 0. The van der Waals surface area contributed by atoms with Crippen molar-refractivity contribution >= 4 is 0 Å². The summed E-state index contributed by atoms with van der Waals surface area (Å²) in [5.41, 5.74) is 6.00. The lowest BCUT2D eigenvalue weighted by molar-refractivity contribution is -0.274. The molecule has 106 valence electrons. The van der Waals surface area contributed by atoms with Gasteiger partial charge in [-0.1, -0.05) is 30.3 Å². The average molecular weight is 285 g/mol. The van der Waals surface area contributed by atoms with Crippen molar-refractivity contribution < 1.29 is 22.3 Å². The van der Waals surface area contributed by atoms with E-state index in [2.05, 4.69) is 4.74 Å². The summed E-state index contributed by atoms with van der Waals surface area (Å²) in [5, 5.41) is 0. The third kappa shape index (κ3) is 3.27. The van der Waals surface area contributed by atoms with Crippen LogP contribution >= 0.6 is 0 Å². The Balaban J connectivity index is 2.47. The van der Waals surface area contributed by atoms with Crippen molar-refractivity contribution in [1.82, 2.24) is 0 Å². The van der Waals surface area contributed by atoms with Gasteiger partial charge in [0, 0.05) is 17.7 Å². The lowest BCUT2D eigenvalue weighted by Crippen LogP contribution is -2.17. The minimum absolute atomic E-state index is 0.0297. The first-order chi connectivity index (χ1) is 9.40. The molecule has 20 heavy (non-hydrogen) atoms. The first-order valence-corrected chi connectivity index (χ1v) is 5.74. The molecular weight excluding hydrogens is 274 g/mol. The normalized spacial score (nSPS) is 11.4. The molecule has 0 spiro atoms. The molecule has 0 amide bonds. The van der Waals surface area contributed by atoms with Crippen molar-refractivity contribution in [1.29, 1.82) is 0 Å². The van der Waals surface area contributed by atoms with Crippen molar-refractivity contribution in [3.63, 3.8) is 0 Å². The quantitative estimate of drug-likeness (QED) is 0.869. The number of nitrogens with two attached hydrogens (primary N) is 1. The molecule has 2 nitrogen and oxygen atoms in total. The summed E-state index contributed by atoms with van der Waals surface area (Å²) in [6.07, 6.45) is -4.83. The molecule has 0 saturated carbocycles. The van der Waals surface area contributed by atoms with E-state index in [9.17, 15) is 17.6 Å². The Labute approximate surface area is 112 Å². The van der Waals surface area contributed by atoms with Crippen LogP contribution in [0.1, 0.15) is 5.56 Å². The van der Waals surface area contributed by atoms with E-state index in [0.29, 0.717) is 5.56 Å². The Bertz CT molecular complexity index is 610. The second-order valence-corrected chi connectivity index (χ2v) is 4.06. The molecule has 0 saturated heterocycles. The molecule has 2 aromatic carbocycles. The first-order valence-electron chi connectivity index (χ1n) is 5.74. The molecular formula is C14H11F4NO. The highest BCUT2D eigenvalue weighted by Crippen LogP contribution is 2.35. The summed E-state index contributed by atoms with van der Waals surface area (Å²) in [4.78, 5) is 0. The van der Waals surface area contributed by atoms with E-state index in [1.54, 1.807) is 6.07 Å². The first kappa shape index (κ1) is 14.3. The van der Waals surface area contributed by atoms with Crippen LogP contribution in [0.2, 0.25) is 0 Å². The molecule has 0 aliphatic rings. The van der Waals surface area contributed by atoms with Crippen LogP contribution in [-0.4, -0.2) is 6.36 Å². The molecule has 2 N–H and O–H groups in total. The van der Waals surface area contributed by atoms with E-state index in [0.717, 1.165) is 6.07 Å². The number of alkyl halides is 3. The monoisotopic (exact) mass is 285 g/mol. The summed E-state index contributed by atoms with van der Waals surface area (Å²) in [6.45, 7) is 0.151. The van der Waals surface area contributed by atoms with E-state index in [-0.39, 0.29) is 17.7 Å². The highest BCUT2D eigenvalue weighted by atomic mass is 19.4. The van der Waals surface area contributed by atoms with Gasteiger partial charge in [-0.15, -0.1) is 13.2 Å². The summed E-state index contributed by atoms with van der Waals surface area (Å²) < 4.78 is 54.8. The van der Waals surface area contributed by atoms with E-state index in [1.165, 1.54) is 30.3 Å². The molecule has 2 aromatic rings. The minimum Gasteiger partial charge on any atom is -0.405 e. The van der Waals surface area contributed by atoms with E-state index in [1.807, 2.05) is 0 Å². The largest absolute Gasteiger partial charge is 0.573 e. The van der Waals surface area contributed by atoms with Crippen LogP contribution in [0.25, 0.3) is 11.1 Å². The van der Waals surface area contributed by atoms with Crippen LogP contribution in [-0.2, 0) is 6.54 Å². The van der Waals surface area contributed by atoms with Gasteiger partial charge in [-0.25, -0.2) is 4.39 Å². The van der Waals surface area contributed by atoms with Crippen molar-refractivity contribution in [2.24, 2.45) is 5.73 Å². The molecule has 0 bridgehead atoms. The molecule has 0 aliphatic carbocycles. The lowest BCUT2D eigenvalue weighted by atomic mass is 10.0. The number of rotatable bonds is 3. The highest BCUT2D eigenvalue weighted by molar-refractivity contribution is 5.71. The van der Waals surface area contributed by atoms with E-state index < -0.39 is 17.9 Å². The van der Waals surface area contributed by atoms with Crippen molar-refractivity contribution in [2.75, 3.05) is 0 Å². The van der Waals surface area contributed by atoms with Gasteiger partial charge in [0.2, 0.25) is 0 Å². The van der Waals surface area contributed by atoms with Gasteiger partial charge in [0.1, 0.15) is 11.6 Å². The average Bonchev–Trinajstić information content (AvgIpc) is 2.38. The Morgan fingerprint density at radius 2 is 1.70 bits per heavy atom. The Morgan fingerprint density at radius 1 is 1.00 bits per heavy atom. The van der Waals surface area contributed by atoms with E-state index in [4.69, 9.17) is 5.73 Å². The lowest BCUT2D eigenvalue weighted by Gasteiger charge is -2.14. The molecule has 0 radical (unpaired) electrons. The zero-order valence-corrected chi connectivity index (χ0v) is 10.2. The SMILES string of the molecule is NCc1ccc(-c2ccccc2OC(F)(F)F)c(F)c1. The van der Waals surface area contributed by atoms with Gasteiger partial charge in [-0.05, 0) is 17.7 Å². The second kappa shape index (κ2) is 5.50. The zero-order chi connectivity index (χ0) is 14.8. The maximum atomic E-state index is 13.9. The fourth-order valence-corrected chi connectivity index (χ4v) is 1.81. The number of ether oxygens (including phenoxy) is 1. The Morgan fingerprint density at radius 3 is 2.30 bits per heavy atom. The predicted octanol–water partition coefficient (Wildman–Crippen LogP) is 3.85. The van der Waals surface area contributed by atoms with Crippen molar-refractivity contribution in [3.8, 4) is 16.9 Å². The molecule has 0 aliphatic heterocycles. The van der Waals surface area contributed by atoms with Gasteiger partial charge in [0.15, 0.2) is 0 Å². The molecule has 0 atom stereocenters. The Kier molecular flexibility index (Phi) is 3.94. The smallest absolute Gasteiger partial charge is 0.405 e. The number of hydrogen-bond acceptors (Lipinski definition) is 2. The topological polar surface area (TPSA) is 35.2 Å². The fourth-order valence-electron chi connectivity index (χ4n) is 1.81. The molecule has 0 fully saturated rings. The van der Waals surface area contributed by atoms with Crippen LogP contribution < -0.4 is 10.5 Å². The summed E-state index contributed by atoms with van der Waals surface area (Å²) in [5.74, 6) is -1.09. The van der Waals surface area contributed by atoms with Gasteiger partial charge >= 0.3 is 6.36 Å². The second-order valence-electron chi connectivity index (χ2n) is 4.06. The van der Waals surface area contributed by atoms with Crippen molar-refractivity contribution in [3.05, 3.63) is 53.8 Å². The molecule has 0 aromatic heterocycles. The third-order valence-corrected chi connectivity index (χ3v) is 2.67. The molecule has 2 rings (SSSR count). The van der Waals surface area contributed by atoms with Gasteiger partial charge in [0.25, 0.3) is 0 Å². The molecule has 6 heteroatoms.